The van der Waals surface area contributed by atoms with Crippen molar-refractivity contribution in [2.45, 2.75) is 36.8 Å². The predicted molar refractivity (Wildman–Crippen MR) is 98.3 cm³/mol. The van der Waals surface area contributed by atoms with Crippen molar-refractivity contribution in [1.29, 1.82) is 0 Å². The summed E-state index contributed by atoms with van der Waals surface area (Å²) in [6.07, 6.45) is 0.494. The molecule has 1 aliphatic rings. The predicted octanol–water partition coefficient (Wildman–Crippen LogP) is 1.68. The molecule has 0 amide bonds. The van der Waals surface area contributed by atoms with Gasteiger partial charge in [-0.2, -0.15) is 5.10 Å². The SMILES string of the molecule is CC(=O)C(N)Cc1cccc(CSC2SC(C)=NN2C)n1.CO. The zero-order chi connectivity index (χ0) is 17.4. The average Bonchev–Trinajstić information content (AvgIpc) is 2.85. The highest BCUT2D eigenvalue weighted by atomic mass is 32.2. The number of carbonyl (C=O) groups excluding carboxylic acids is 1. The van der Waals surface area contributed by atoms with Gasteiger partial charge in [-0.1, -0.05) is 17.8 Å². The lowest BCUT2D eigenvalue weighted by atomic mass is 10.1. The zero-order valence-electron chi connectivity index (χ0n) is 13.9. The number of rotatable bonds is 6. The minimum atomic E-state index is -0.465. The van der Waals surface area contributed by atoms with Crippen LogP contribution in [-0.4, -0.2) is 50.8 Å². The quantitative estimate of drug-likeness (QED) is 0.801. The number of aliphatic hydroxyl groups excluding tert-OH is 1. The molecule has 2 rings (SSSR count). The second kappa shape index (κ2) is 9.92. The van der Waals surface area contributed by atoms with Crippen LogP contribution in [0.25, 0.3) is 0 Å². The second-order valence-corrected chi connectivity index (χ2v) is 7.61. The summed E-state index contributed by atoms with van der Waals surface area (Å²) in [6.45, 7) is 3.53. The summed E-state index contributed by atoms with van der Waals surface area (Å²) in [7, 11) is 2.98. The first-order valence-corrected chi connectivity index (χ1v) is 9.10. The maximum atomic E-state index is 11.2. The van der Waals surface area contributed by atoms with E-state index >= 15 is 0 Å². The third kappa shape index (κ3) is 6.50. The molecule has 0 radical (unpaired) electrons. The van der Waals surface area contributed by atoms with Gasteiger partial charge in [0.1, 0.15) is 10.5 Å². The Labute approximate surface area is 145 Å². The largest absolute Gasteiger partial charge is 0.400 e. The lowest BCUT2D eigenvalue weighted by Gasteiger charge is -2.17. The van der Waals surface area contributed by atoms with E-state index in [0.717, 1.165) is 29.3 Å². The van der Waals surface area contributed by atoms with Crippen LogP contribution in [0.5, 0.6) is 0 Å². The molecule has 0 saturated heterocycles. The van der Waals surface area contributed by atoms with Crippen LogP contribution >= 0.6 is 23.5 Å². The van der Waals surface area contributed by atoms with Crippen LogP contribution in [0.2, 0.25) is 0 Å². The fraction of sp³-hybridized carbons (Fsp3) is 0.533. The Morgan fingerprint density at radius 3 is 2.70 bits per heavy atom. The van der Waals surface area contributed by atoms with Crippen LogP contribution in [0, 0.1) is 0 Å². The topological polar surface area (TPSA) is 91.8 Å². The van der Waals surface area contributed by atoms with Gasteiger partial charge in [-0.15, -0.1) is 11.8 Å². The van der Waals surface area contributed by atoms with E-state index in [1.807, 2.05) is 37.2 Å². The van der Waals surface area contributed by atoms with E-state index in [2.05, 4.69) is 10.1 Å². The molecule has 0 saturated carbocycles. The van der Waals surface area contributed by atoms with Gasteiger partial charge in [0.2, 0.25) is 0 Å². The molecule has 0 aromatic carbocycles. The van der Waals surface area contributed by atoms with Gasteiger partial charge >= 0.3 is 0 Å². The lowest BCUT2D eigenvalue weighted by Crippen LogP contribution is -2.30. The summed E-state index contributed by atoms with van der Waals surface area (Å²) >= 11 is 3.55. The molecule has 2 atom stereocenters. The van der Waals surface area contributed by atoms with Gasteiger partial charge in [-0.3, -0.25) is 14.8 Å². The smallest absolute Gasteiger partial charge is 0.146 e. The Morgan fingerprint density at radius 2 is 2.13 bits per heavy atom. The highest BCUT2D eigenvalue weighted by molar-refractivity contribution is 8.24. The number of hydrogen-bond donors (Lipinski definition) is 2. The first kappa shape index (κ1) is 20.0. The number of Topliss-reactive ketones (excluding diaryl/α,β-unsaturated/α-hetero) is 1. The first-order chi connectivity index (χ1) is 11.0. The molecule has 8 heteroatoms. The van der Waals surface area contributed by atoms with E-state index in [4.69, 9.17) is 10.8 Å². The van der Waals surface area contributed by atoms with Crippen molar-refractivity contribution in [3.05, 3.63) is 29.6 Å². The molecular weight excluding hydrogens is 332 g/mol. The van der Waals surface area contributed by atoms with Gasteiger partial charge in [-0.25, -0.2) is 0 Å². The minimum Gasteiger partial charge on any atom is -0.400 e. The summed E-state index contributed by atoms with van der Waals surface area (Å²) in [6, 6.07) is 5.43. The number of hydrazone groups is 1. The van der Waals surface area contributed by atoms with Crippen molar-refractivity contribution in [2.75, 3.05) is 14.2 Å². The fourth-order valence-electron chi connectivity index (χ4n) is 1.91. The monoisotopic (exact) mass is 356 g/mol. The third-order valence-corrected chi connectivity index (χ3v) is 5.74. The van der Waals surface area contributed by atoms with Crippen LogP contribution in [-0.2, 0) is 17.0 Å². The van der Waals surface area contributed by atoms with Crippen LogP contribution < -0.4 is 5.73 Å². The number of nitrogens with zero attached hydrogens (tertiary/aromatic N) is 3. The molecule has 1 aliphatic heterocycles. The average molecular weight is 357 g/mol. The number of pyridine rings is 1. The summed E-state index contributed by atoms with van der Waals surface area (Å²) in [5.41, 5.74) is 7.66. The highest BCUT2D eigenvalue weighted by Crippen LogP contribution is 2.34. The molecule has 3 N–H and O–H groups in total. The maximum absolute atomic E-state index is 11.2. The number of nitrogens with two attached hydrogens (primary N) is 1. The number of thioether (sulfide) groups is 2. The van der Waals surface area contributed by atoms with Gasteiger partial charge in [0, 0.05) is 32.0 Å². The van der Waals surface area contributed by atoms with Crippen molar-refractivity contribution in [2.24, 2.45) is 10.8 Å². The molecule has 0 aliphatic carbocycles. The molecule has 2 heterocycles. The summed E-state index contributed by atoms with van der Waals surface area (Å²) in [4.78, 5) is 15.8. The summed E-state index contributed by atoms with van der Waals surface area (Å²) in [5, 5.41) is 14.4. The van der Waals surface area contributed by atoms with Crippen LogP contribution in [0.1, 0.15) is 25.2 Å². The first-order valence-electron chi connectivity index (χ1n) is 7.17. The van der Waals surface area contributed by atoms with Gasteiger partial charge in [0.05, 0.1) is 16.8 Å². The lowest BCUT2D eigenvalue weighted by molar-refractivity contribution is -0.118. The van der Waals surface area contributed by atoms with Crippen LogP contribution in [0.15, 0.2) is 23.3 Å². The number of aliphatic hydroxyl groups is 1. The summed E-state index contributed by atoms with van der Waals surface area (Å²) < 4.78 is 0.301. The van der Waals surface area contributed by atoms with Crippen molar-refractivity contribution in [1.82, 2.24) is 9.99 Å². The van der Waals surface area contributed by atoms with Crippen molar-refractivity contribution in [3.8, 4) is 0 Å². The van der Waals surface area contributed by atoms with Gasteiger partial charge < -0.3 is 10.8 Å². The Morgan fingerprint density at radius 1 is 1.48 bits per heavy atom. The zero-order valence-corrected chi connectivity index (χ0v) is 15.5. The number of aromatic nitrogens is 1. The van der Waals surface area contributed by atoms with E-state index in [1.54, 1.807) is 23.5 Å². The van der Waals surface area contributed by atoms with Gasteiger partial charge in [-0.05, 0) is 26.0 Å². The maximum Gasteiger partial charge on any atom is 0.146 e. The molecular formula is C15H24N4O2S2. The van der Waals surface area contributed by atoms with Crippen molar-refractivity contribution in [3.63, 3.8) is 0 Å². The molecule has 1 aromatic rings. The van der Waals surface area contributed by atoms with Crippen molar-refractivity contribution < 1.29 is 9.90 Å². The Bertz CT molecular complexity index is 554. The summed E-state index contributed by atoms with van der Waals surface area (Å²) in [5.74, 6) is 0.807. The normalized spacial score (nSPS) is 18.1. The van der Waals surface area contributed by atoms with Crippen LogP contribution in [0.3, 0.4) is 0 Å². The molecule has 6 nitrogen and oxygen atoms in total. The minimum absolute atomic E-state index is 0.00631. The number of ketones is 1. The van der Waals surface area contributed by atoms with Crippen molar-refractivity contribution >= 4 is 34.4 Å². The standard InChI is InChI=1S/C14H20N4OS2.CH4O/c1-9(19)13(15)7-11-5-4-6-12(16-11)8-20-14-18(3)17-10(2)21-14;1-2/h4-6,13-14H,7-8,15H2,1-3H3;2H,1H3. The molecule has 128 valence electrons. The van der Waals surface area contributed by atoms with Gasteiger partial charge in [0.25, 0.3) is 0 Å². The molecule has 0 spiro atoms. The number of hydrogen-bond acceptors (Lipinski definition) is 8. The highest BCUT2D eigenvalue weighted by Gasteiger charge is 2.22. The van der Waals surface area contributed by atoms with E-state index in [1.165, 1.54) is 6.92 Å². The molecule has 1 aromatic heterocycles. The third-order valence-electron chi connectivity index (χ3n) is 3.06. The Balaban J connectivity index is 0.00000127. The fourth-order valence-corrected chi connectivity index (χ4v) is 4.20. The second-order valence-electron chi connectivity index (χ2n) is 4.97. The van der Waals surface area contributed by atoms with Gasteiger partial charge in [0.15, 0.2) is 0 Å². The molecule has 0 bridgehead atoms. The van der Waals surface area contributed by atoms with E-state index in [9.17, 15) is 4.79 Å². The van der Waals surface area contributed by atoms with Crippen LogP contribution in [0.4, 0.5) is 0 Å². The molecule has 23 heavy (non-hydrogen) atoms. The molecule has 2 unspecified atom stereocenters. The Hall–Kier alpha value is -1.09. The van der Waals surface area contributed by atoms with E-state index < -0.39 is 6.04 Å². The molecule has 0 fully saturated rings. The van der Waals surface area contributed by atoms with E-state index in [-0.39, 0.29) is 5.78 Å². The van der Waals surface area contributed by atoms with E-state index in [0.29, 0.717) is 11.1 Å². The number of carbonyl (C=O) groups is 1. The Kier molecular flexibility index (Phi) is 8.60.